The van der Waals surface area contributed by atoms with Crippen LogP contribution in [0.25, 0.3) is 0 Å². The number of hydrogen-bond donors (Lipinski definition) is 3. The zero-order valence-electron chi connectivity index (χ0n) is 44.2. The van der Waals surface area contributed by atoms with Crippen molar-refractivity contribution >= 4 is 11.9 Å². The average molecular weight is 919 g/mol. The molecule has 3 unspecified atom stereocenters. The molecule has 0 spiro atoms. The zero-order chi connectivity index (χ0) is 47.4. The predicted octanol–water partition coefficient (Wildman–Crippen LogP) is 18.1. The molecule has 65 heavy (non-hydrogen) atoms. The van der Waals surface area contributed by atoms with Gasteiger partial charge in [-0.05, 0) is 44.9 Å². The molecular weight excluding hydrogens is 803 g/mol. The minimum atomic E-state index is -0.789. The molecule has 0 aliphatic carbocycles. The van der Waals surface area contributed by atoms with Gasteiger partial charge in [-0.2, -0.15) is 0 Å². The summed E-state index contributed by atoms with van der Waals surface area (Å²) < 4.78 is 5.95. The van der Waals surface area contributed by atoms with E-state index in [1.165, 1.54) is 231 Å². The molecule has 3 atom stereocenters. The zero-order valence-corrected chi connectivity index (χ0v) is 44.2. The highest BCUT2D eigenvalue weighted by atomic mass is 16.5. The average Bonchev–Trinajstić information content (AvgIpc) is 3.30. The minimum Gasteiger partial charge on any atom is -0.462 e. The van der Waals surface area contributed by atoms with E-state index >= 15 is 0 Å². The summed E-state index contributed by atoms with van der Waals surface area (Å²) in [5.74, 6) is -0.480. The van der Waals surface area contributed by atoms with Gasteiger partial charge in [-0.25, -0.2) is 0 Å². The second-order valence-corrected chi connectivity index (χ2v) is 20.4. The Balaban J connectivity index is 4.44. The first-order valence-electron chi connectivity index (χ1n) is 29.4. The van der Waals surface area contributed by atoms with Crippen LogP contribution in [0.3, 0.4) is 0 Å². The topological polar surface area (TPSA) is 95.9 Å². The molecule has 6 nitrogen and oxygen atoms in total. The van der Waals surface area contributed by atoms with Crippen molar-refractivity contribution in [3.8, 4) is 0 Å². The van der Waals surface area contributed by atoms with Crippen LogP contribution in [0, 0.1) is 0 Å². The molecular formula is C59H115NO5. The lowest BCUT2D eigenvalue weighted by Gasteiger charge is -2.24. The molecule has 0 saturated carbocycles. The Morgan fingerprint density at radius 1 is 0.431 bits per heavy atom. The molecule has 6 heteroatoms. The molecule has 1 amide bonds. The summed E-state index contributed by atoms with van der Waals surface area (Å²) in [6, 6.07) is -0.704. The van der Waals surface area contributed by atoms with E-state index < -0.39 is 18.2 Å². The molecule has 386 valence electrons. The Hall–Kier alpha value is -1.40. The number of amides is 1. The first-order chi connectivity index (χ1) is 32.0. The number of nitrogens with one attached hydrogen (secondary N) is 1. The lowest BCUT2D eigenvalue weighted by Crippen LogP contribution is -2.46. The number of carbonyl (C=O) groups excluding carboxylic acids is 2. The Morgan fingerprint density at radius 2 is 0.754 bits per heavy atom. The van der Waals surface area contributed by atoms with Crippen LogP contribution in [-0.2, 0) is 14.3 Å². The summed E-state index contributed by atoms with van der Waals surface area (Å²) >= 11 is 0. The van der Waals surface area contributed by atoms with Crippen LogP contribution < -0.4 is 5.32 Å². The molecule has 0 heterocycles. The number of ether oxygens (including phenoxy) is 1. The van der Waals surface area contributed by atoms with Crippen molar-refractivity contribution in [1.29, 1.82) is 0 Å². The lowest BCUT2D eigenvalue weighted by molar-refractivity contribution is -0.151. The summed E-state index contributed by atoms with van der Waals surface area (Å²) in [5, 5.41) is 23.9. The van der Waals surface area contributed by atoms with Crippen LogP contribution in [0.2, 0.25) is 0 Å². The number of esters is 1. The molecule has 0 aromatic rings. The maximum atomic E-state index is 13.2. The summed E-state index contributed by atoms with van der Waals surface area (Å²) in [7, 11) is 0. The summed E-state index contributed by atoms with van der Waals surface area (Å²) in [6.07, 6.45) is 61.5. The minimum absolute atomic E-state index is 0.0643. The van der Waals surface area contributed by atoms with E-state index in [1.807, 2.05) is 0 Å². The quantitative estimate of drug-likeness (QED) is 0.0321. The molecule has 0 radical (unpaired) electrons. The van der Waals surface area contributed by atoms with Crippen LogP contribution in [0.15, 0.2) is 12.2 Å². The van der Waals surface area contributed by atoms with Gasteiger partial charge in [0.25, 0.3) is 0 Å². The molecule has 0 saturated heterocycles. The van der Waals surface area contributed by atoms with Gasteiger partial charge >= 0.3 is 5.97 Å². The van der Waals surface area contributed by atoms with Crippen LogP contribution in [0.1, 0.15) is 329 Å². The van der Waals surface area contributed by atoms with E-state index in [1.54, 1.807) is 0 Å². The number of rotatable bonds is 54. The van der Waals surface area contributed by atoms with Gasteiger partial charge in [0.05, 0.1) is 25.2 Å². The van der Waals surface area contributed by atoms with Crippen LogP contribution in [0.5, 0.6) is 0 Å². The molecule has 0 fully saturated rings. The van der Waals surface area contributed by atoms with Gasteiger partial charge in [-0.1, -0.05) is 283 Å². The van der Waals surface area contributed by atoms with Crippen molar-refractivity contribution < 1.29 is 24.5 Å². The van der Waals surface area contributed by atoms with Crippen molar-refractivity contribution in [2.45, 2.75) is 347 Å². The first kappa shape index (κ1) is 63.6. The maximum absolute atomic E-state index is 13.2. The Morgan fingerprint density at radius 3 is 1.12 bits per heavy atom. The molecule has 0 aromatic carbocycles. The van der Waals surface area contributed by atoms with Gasteiger partial charge < -0.3 is 20.3 Å². The normalized spacial score (nSPS) is 13.1. The molecule has 0 bridgehead atoms. The highest BCUT2D eigenvalue weighted by Gasteiger charge is 2.24. The third-order valence-electron chi connectivity index (χ3n) is 13.8. The van der Waals surface area contributed by atoms with Gasteiger partial charge in [0.1, 0.15) is 6.10 Å². The molecule has 3 N–H and O–H groups in total. The largest absolute Gasteiger partial charge is 0.462 e. The van der Waals surface area contributed by atoms with E-state index in [-0.39, 0.29) is 24.9 Å². The number of unbranched alkanes of at least 4 members (excludes halogenated alkanes) is 40. The van der Waals surface area contributed by atoms with Crippen molar-refractivity contribution in [2.75, 3.05) is 6.61 Å². The van der Waals surface area contributed by atoms with Crippen molar-refractivity contribution in [2.24, 2.45) is 0 Å². The number of allylic oxidation sites excluding steroid dienone is 2. The van der Waals surface area contributed by atoms with Crippen molar-refractivity contribution in [1.82, 2.24) is 5.32 Å². The fourth-order valence-corrected chi connectivity index (χ4v) is 9.38. The summed E-state index contributed by atoms with van der Waals surface area (Å²) in [6.45, 7) is 6.52. The molecule has 0 aromatic heterocycles. The highest BCUT2D eigenvalue weighted by Crippen LogP contribution is 2.19. The number of carbonyl (C=O) groups is 2. The van der Waals surface area contributed by atoms with E-state index in [4.69, 9.17) is 4.74 Å². The number of aliphatic hydroxyl groups is 2. The van der Waals surface area contributed by atoms with E-state index in [0.29, 0.717) is 19.3 Å². The lowest BCUT2D eigenvalue weighted by atomic mass is 10.0. The van der Waals surface area contributed by atoms with Crippen LogP contribution >= 0.6 is 0 Å². The Labute approximate surface area is 406 Å². The monoisotopic (exact) mass is 918 g/mol. The van der Waals surface area contributed by atoms with Crippen molar-refractivity contribution in [3.05, 3.63) is 12.2 Å². The Kier molecular flexibility index (Phi) is 52.4. The standard InChI is InChI=1S/C59H115NO5/c1-4-7-10-13-16-19-22-25-27-28-29-30-32-34-37-40-43-46-49-52-59(64)65-55(50-47-44-41-38-35-24-21-18-15-12-9-6-3)53-58(63)60-56(54-61)57(62)51-48-45-42-39-36-33-31-26-23-20-17-14-11-8-5-2/h38,41,55-57,61-62H,4-37,39-40,42-54H2,1-3H3,(H,60,63)/b41-38-. The van der Waals surface area contributed by atoms with Gasteiger partial charge in [0.15, 0.2) is 0 Å². The second kappa shape index (κ2) is 53.6. The van der Waals surface area contributed by atoms with Gasteiger partial charge in [0, 0.05) is 6.42 Å². The Bertz CT molecular complexity index is 986. The third-order valence-corrected chi connectivity index (χ3v) is 13.8. The van der Waals surface area contributed by atoms with E-state index in [9.17, 15) is 19.8 Å². The molecule has 0 aliphatic heterocycles. The summed E-state index contributed by atoms with van der Waals surface area (Å²) in [4.78, 5) is 26.2. The molecule has 0 aliphatic rings. The highest BCUT2D eigenvalue weighted by molar-refractivity contribution is 5.77. The SMILES string of the molecule is CCCCCCCCC/C=C\CCCC(CC(=O)NC(CO)C(O)CCCCCCCCCCCCCCCCC)OC(=O)CCCCCCCCCCCCCCCCCCCCC. The van der Waals surface area contributed by atoms with Crippen molar-refractivity contribution in [3.63, 3.8) is 0 Å². The first-order valence-corrected chi connectivity index (χ1v) is 29.4. The molecule has 0 rings (SSSR count). The fourth-order valence-electron chi connectivity index (χ4n) is 9.38. The van der Waals surface area contributed by atoms with Gasteiger partial charge in [-0.3, -0.25) is 9.59 Å². The van der Waals surface area contributed by atoms with E-state index in [0.717, 1.165) is 51.4 Å². The van der Waals surface area contributed by atoms with Gasteiger partial charge in [0.2, 0.25) is 5.91 Å². The van der Waals surface area contributed by atoms with E-state index in [2.05, 4.69) is 38.2 Å². The number of hydrogen-bond acceptors (Lipinski definition) is 5. The predicted molar refractivity (Wildman–Crippen MR) is 283 cm³/mol. The summed E-state index contributed by atoms with van der Waals surface area (Å²) in [5.41, 5.74) is 0. The second-order valence-electron chi connectivity index (χ2n) is 20.4. The number of aliphatic hydroxyl groups excluding tert-OH is 2. The van der Waals surface area contributed by atoms with Crippen LogP contribution in [0.4, 0.5) is 0 Å². The van der Waals surface area contributed by atoms with Crippen LogP contribution in [-0.4, -0.2) is 46.9 Å². The maximum Gasteiger partial charge on any atom is 0.306 e. The van der Waals surface area contributed by atoms with Gasteiger partial charge in [-0.15, -0.1) is 0 Å². The smallest absolute Gasteiger partial charge is 0.306 e. The fraction of sp³-hybridized carbons (Fsp3) is 0.932. The third kappa shape index (κ3) is 48.9.